The summed E-state index contributed by atoms with van der Waals surface area (Å²) in [5, 5.41) is 6.72. The summed E-state index contributed by atoms with van der Waals surface area (Å²) in [5.74, 6) is -0.251. The molecule has 0 spiro atoms. The van der Waals surface area contributed by atoms with Crippen LogP contribution in [0.5, 0.6) is 0 Å². The van der Waals surface area contributed by atoms with Crippen molar-refractivity contribution in [3.8, 4) is 0 Å². The van der Waals surface area contributed by atoms with Gasteiger partial charge in [-0.25, -0.2) is 5.43 Å². The van der Waals surface area contributed by atoms with Crippen molar-refractivity contribution >= 4 is 17.5 Å². The van der Waals surface area contributed by atoms with E-state index in [2.05, 4.69) is 22.8 Å². The van der Waals surface area contributed by atoms with Gasteiger partial charge in [0.1, 0.15) is 5.71 Å². The SMILES string of the molecule is CCCC1(CNC(=O)C2=NNC(=O)CC2)CC1. The average molecular weight is 237 g/mol. The van der Waals surface area contributed by atoms with E-state index in [0.29, 0.717) is 24.0 Å². The Bertz CT molecular complexity index is 359. The van der Waals surface area contributed by atoms with Gasteiger partial charge in [-0.15, -0.1) is 0 Å². The number of hydrogen-bond donors (Lipinski definition) is 2. The highest BCUT2D eigenvalue weighted by Crippen LogP contribution is 2.48. The number of rotatable bonds is 5. The lowest BCUT2D eigenvalue weighted by molar-refractivity contribution is -0.121. The molecule has 0 aromatic carbocycles. The molecule has 0 aromatic heterocycles. The van der Waals surface area contributed by atoms with Crippen LogP contribution in [0.15, 0.2) is 5.10 Å². The topological polar surface area (TPSA) is 70.6 Å². The fraction of sp³-hybridized carbons (Fsp3) is 0.750. The normalized spacial score (nSPS) is 21.5. The molecule has 0 radical (unpaired) electrons. The monoisotopic (exact) mass is 237 g/mol. The predicted octanol–water partition coefficient (Wildman–Crippen LogP) is 0.949. The summed E-state index contributed by atoms with van der Waals surface area (Å²) in [5.41, 5.74) is 3.13. The molecule has 1 saturated carbocycles. The molecule has 0 atom stereocenters. The first-order valence-electron chi connectivity index (χ1n) is 6.29. The fourth-order valence-electron chi connectivity index (χ4n) is 2.23. The van der Waals surface area contributed by atoms with Gasteiger partial charge in [-0.2, -0.15) is 5.10 Å². The van der Waals surface area contributed by atoms with Crippen molar-refractivity contribution in [2.24, 2.45) is 10.5 Å². The highest BCUT2D eigenvalue weighted by atomic mass is 16.2. The molecule has 0 aromatic rings. The minimum Gasteiger partial charge on any atom is -0.350 e. The number of hydrazone groups is 1. The van der Waals surface area contributed by atoms with Gasteiger partial charge in [0, 0.05) is 19.4 Å². The summed E-state index contributed by atoms with van der Waals surface area (Å²) in [7, 11) is 0. The van der Waals surface area contributed by atoms with E-state index in [1.807, 2.05) is 0 Å². The van der Waals surface area contributed by atoms with Gasteiger partial charge in [0.2, 0.25) is 5.91 Å². The van der Waals surface area contributed by atoms with Crippen LogP contribution in [-0.4, -0.2) is 24.1 Å². The summed E-state index contributed by atoms with van der Waals surface area (Å²) in [6, 6.07) is 0. The Morgan fingerprint density at radius 1 is 1.47 bits per heavy atom. The summed E-state index contributed by atoms with van der Waals surface area (Å²) in [6.45, 7) is 2.91. The Hall–Kier alpha value is -1.39. The second-order valence-electron chi connectivity index (χ2n) is 5.03. The Balaban J connectivity index is 1.80. The Morgan fingerprint density at radius 3 is 2.76 bits per heavy atom. The molecule has 1 aliphatic heterocycles. The third-order valence-corrected chi connectivity index (χ3v) is 3.53. The van der Waals surface area contributed by atoms with E-state index in [1.165, 1.54) is 19.3 Å². The summed E-state index contributed by atoms with van der Waals surface area (Å²) >= 11 is 0. The number of nitrogens with zero attached hydrogens (tertiary/aromatic N) is 1. The highest BCUT2D eigenvalue weighted by Gasteiger charge is 2.41. The molecule has 0 unspecified atom stereocenters. The van der Waals surface area contributed by atoms with E-state index >= 15 is 0 Å². The molecule has 2 aliphatic rings. The molecule has 94 valence electrons. The lowest BCUT2D eigenvalue weighted by atomic mass is 10.0. The van der Waals surface area contributed by atoms with Crippen LogP contribution in [-0.2, 0) is 9.59 Å². The Labute approximate surface area is 101 Å². The van der Waals surface area contributed by atoms with Gasteiger partial charge in [-0.3, -0.25) is 9.59 Å². The number of amides is 2. The van der Waals surface area contributed by atoms with Gasteiger partial charge in [-0.1, -0.05) is 13.3 Å². The molecule has 1 aliphatic carbocycles. The van der Waals surface area contributed by atoms with Gasteiger partial charge in [0.05, 0.1) is 0 Å². The van der Waals surface area contributed by atoms with Crippen molar-refractivity contribution in [1.82, 2.24) is 10.7 Å². The third-order valence-electron chi connectivity index (χ3n) is 3.53. The van der Waals surface area contributed by atoms with Crippen LogP contribution in [0.4, 0.5) is 0 Å². The van der Waals surface area contributed by atoms with Crippen molar-refractivity contribution < 1.29 is 9.59 Å². The molecule has 5 heteroatoms. The van der Waals surface area contributed by atoms with Crippen LogP contribution in [0.25, 0.3) is 0 Å². The lowest BCUT2D eigenvalue weighted by Gasteiger charge is -2.16. The number of hydrogen-bond acceptors (Lipinski definition) is 3. The molecule has 17 heavy (non-hydrogen) atoms. The van der Waals surface area contributed by atoms with Crippen LogP contribution in [0.1, 0.15) is 45.4 Å². The molecule has 1 heterocycles. The molecule has 1 fully saturated rings. The number of carbonyl (C=O) groups excluding carboxylic acids is 2. The molecule has 0 saturated heterocycles. The zero-order chi connectivity index (χ0) is 12.3. The molecular weight excluding hydrogens is 218 g/mol. The zero-order valence-electron chi connectivity index (χ0n) is 10.2. The van der Waals surface area contributed by atoms with Crippen LogP contribution < -0.4 is 10.7 Å². The smallest absolute Gasteiger partial charge is 0.267 e. The fourth-order valence-corrected chi connectivity index (χ4v) is 2.23. The van der Waals surface area contributed by atoms with Crippen molar-refractivity contribution in [2.45, 2.75) is 45.4 Å². The van der Waals surface area contributed by atoms with Crippen molar-refractivity contribution in [3.05, 3.63) is 0 Å². The minimum atomic E-state index is -0.132. The Kier molecular flexibility index (Phi) is 3.45. The summed E-state index contributed by atoms with van der Waals surface area (Å²) in [6.07, 6.45) is 5.56. The van der Waals surface area contributed by atoms with Gasteiger partial charge in [0.25, 0.3) is 5.91 Å². The van der Waals surface area contributed by atoms with E-state index in [9.17, 15) is 9.59 Å². The minimum absolute atomic E-state index is 0.119. The van der Waals surface area contributed by atoms with E-state index in [4.69, 9.17) is 0 Å². The van der Waals surface area contributed by atoms with Crippen LogP contribution in [0, 0.1) is 5.41 Å². The van der Waals surface area contributed by atoms with Gasteiger partial charge >= 0.3 is 0 Å². The Morgan fingerprint density at radius 2 is 2.24 bits per heavy atom. The molecular formula is C12H19N3O2. The average Bonchev–Trinajstić information content (AvgIpc) is 3.08. The standard InChI is InChI=1S/C12H19N3O2/c1-2-5-12(6-7-12)8-13-11(17)9-3-4-10(16)15-14-9/h2-8H2,1H3,(H,13,17)(H,15,16). The van der Waals surface area contributed by atoms with Crippen LogP contribution >= 0.6 is 0 Å². The van der Waals surface area contributed by atoms with Crippen LogP contribution in [0.3, 0.4) is 0 Å². The maximum absolute atomic E-state index is 11.8. The van der Waals surface area contributed by atoms with E-state index in [1.54, 1.807) is 0 Å². The van der Waals surface area contributed by atoms with Crippen molar-refractivity contribution in [2.75, 3.05) is 6.54 Å². The van der Waals surface area contributed by atoms with Crippen molar-refractivity contribution in [1.29, 1.82) is 0 Å². The van der Waals surface area contributed by atoms with Crippen molar-refractivity contribution in [3.63, 3.8) is 0 Å². The summed E-state index contributed by atoms with van der Waals surface area (Å²) in [4.78, 5) is 22.7. The zero-order valence-corrected chi connectivity index (χ0v) is 10.2. The van der Waals surface area contributed by atoms with Gasteiger partial charge in [-0.05, 0) is 24.7 Å². The third kappa shape index (κ3) is 3.05. The second-order valence-corrected chi connectivity index (χ2v) is 5.03. The maximum Gasteiger partial charge on any atom is 0.267 e. The van der Waals surface area contributed by atoms with Crippen LogP contribution in [0.2, 0.25) is 0 Å². The molecule has 2 rings (SSSR count). The number of nitrogens with one attached hydrogen (secondary N) is 2. The molecule has 2 N–H and O–H groups in total. The number of carbonyl (C=O) groups is 2. The maximum atomic E-state index is 11.8. The highest BCUT2D eigenvalue weighted by molar-refractivity contribution is 6.39. The largest absolute Gasteiger partial charge is 0.350 e. The van der Waals surface area contributed by atoms with Gasteiger partial charge < -0.3 is 5.32 Å². The quantitative estimate of drug-likeness (QED) is 0.747. The molecule has 0 bridgehead atoms. The van der Waals surface area contributed by atoms with E-state index < -0.39 is 0 Å². The first-order valence-corrected chi connectivity index (χ1v) is 6.29. The summed E-state index contributed by atoms with van der Waals surface area (Å²) < 4.78 is 0. The first kappa shape index (κ1) is 12.1. The first-order chi connectivity index (χ1) is 8.15. The van der Waals surface area contributed by atoms with E-state index in [0.717, 1.165) is 13.0 Å². The second kappa shape index (κ2) is 4.85. The lowest BCUT2D eigenvalue weighted by Crippen LogP contribution is -2.39. The molecule has 2 amide bonds. The van der Waals surface area contributed by atoms with E-state index in [-0.39, 0.29) is 11.8 Å². The predicted molar refractivity (Wildman–Crippen MR) is 64.4 cm³/mol. The molecule has 5 nitrogen and oxygen atoms in total. The van der Waals surface area contributed by atoms with Gasteiger partial charge in [0.15, 0.2) is 0 Å².